The smallest absolute Gasteiger partial charge is 0.214 e. The van der Waals surface area contributed by atoms with Crippen LogP contribution in [-0.2, 0) is 0 Å². The quantitative estimate of drug-likeness (QED) is 0.489. The van der Waals surface area contributed by atoms with Crippen molar-refractivity contribution in [2.45, 2.75) is 0 Å². The Kier molecular flexibility index (Phi) is 2.03. The highest BCUT2D eigenvalue weighted by Gasteiger charge is 2.29. The maximum absolute atomic E-state index is 12.3. The topological polar surface area (TPSA) is 42.9 Å². The maximum Gasteiger partial charge on any atom is 0.214 e. The van der Waals surface area contributed by atoms with Crippen LogP contribution in [0, 0.1) is 0 Å². The van der Waals surface area contributed by atoms with Crippen molar-refractivity contribution >= 4 is 28.4 Å². The van der Waals surface area contributed by atoms with Gasteiger partial charge in [-0.3, -0.25) is 4.79 Å². The lowest BCUT2D eigenvalue weighted by atomic mass is 10.1. The molecule has 1 aromatic heterocycles. The first-order valence-electron chi connectivity index (χ1n) is 5.85. The Bertz CT molecular complexity index is 858. The average molecular weight is 267 g/mol. The first-order chi connectivity index (χ1) is 9.24. The molecular weight excluding hydrogens is 260 g/mol. The summed E-state index contributed by atoms with van der Waals surface area (Å²) in [5.74, 6) is -0.0602. The molecule has 0 fully saturated rings. The van der Waals surface area contributed by atoms with Gasteiger partial charge in [0.2, 0.25) is 5.78 Å². The van der Waals surface area contributed by atoms with Crippen LogP contribution in [0.15, 0.2) is 42.5 Å². The monoisotopic (exact) mass is 266 g/mol. The van der Waals surface area contributed by atoms with Crippen molar-refractivity contribution < 1.29 is 4.79 Å². The van der Waals surface area contributed by atoms with E-state index in [1.807, 2.05) is 18.2 Å². The second-order valence-corrected chi connectivity index (χ2v) is 4.87. The number of ketones is 1. The molecule has 0 saturated heterocycles. The van der Waals surface area contributed by atoms with Gasteiger partial charge in [0.05, 0.1) is 11.0 Å². The van der Waals surface area contributed by atoms with E-state index in [9.17, 15) is 4.79 Å². The molecule has 0 amide bonds. The van der Waals surface area contributed by atoms with Crippen molar-refractivity contribution in [3.05, 3.63) is 58.7 Å². The van der Waals surface area contributed by atoms with Gasteiger partial charge >= 0.3 is 0 Å². The maximum atomic E-state index is 12.3. The van der Waals surface area contributed by atoms with E-state index in [0.29, 0.717) is 33.0 Å². The van der Waals surface area contributed by atoms with Crippen molar-refractivity contribution in [2.24, 2.45) is 0 Å². The van der Waals surface area contributed by atoms with Crippen molar-refractivity contribution in [2.75, 3.05) is 0 Å². The Balaban J connectivity index is 2.11. The number of hydrogen-bond donors (Lipinski definition) is 0. The van der Waals surface area contributed by atoms with Crippen LogP contribution in [0.1, 0.15) is 16.1 Å². The minimum atomic E-state index is -0.0602. The summed E-state index contributed by atoms with van der Waals surface area (Å²) in [5.41, 5.74) is 3.97. The zero-order valence-electron chi connectivity index (χ0n) is 9.72. The van der Waals surface area contributed by atoms with E-state index in [0.717, 1.165) is 5.56 Å². The molecule has 0 radical (unpaired) electrons. The number of rotatable bonds is 0. The number of halogens is 1. The van der Waals surface area contributed by atoms with Gasteiger partial charge in [0.15, 0.2) is 0 Å². The summed E-state index contributed by atoms with van der Waals surface area (Å²) < 4.78 is 0. The van der Waals surface area contributed by atoms with Crippen LogP contribution in [-0.4, -0.2) is 15.8 Å². The molecule has 19 heavy (non-hydrogen) atoms. The molecule has 0 unspecified atom stereocenters. The van der Waals surface area contributed by atoms with Crippen LogP contribution in [0.5, 0.6) is 0 Å². The lowest BCUT2D eigenvalue weighted by molar-refractivity contribution is 0.103. The van der Waals surface area contributed by atoms with Gasteiger partial charge in [-0.15, -0.1) is 0 Å². The zero-order valence-corrected chi connectivity index (χ0v) is 10.5. The van der Waals surface area contributed by atoms with Gasteiger partial charge in [0, 0.05) is 16.1 Å². The van der Waals surface area contributed by atoms with Gasteiger partial charge in [0.1, 0.15) is 11.4 Å². The summed E-state index contributed by atoms with van der Waals surface area (Å²) in [5, 5.41) is 0.611. The number of aromatic nitrogens is 2. The molecule has 90 valence electrons. The summed E-state index contributed by atoms with van der Waals surface area (Å²) in [6.07, 6.45) is 0. The van der Waals surface area contributed by atoms with Gasteiger partial charge in [-0.25, -0.2) is 9.97 Å². The number of carbonyl (C=O) groups is 1. The Morgan fingerprint density at radius 3 is 2.42 bits per heavy atom. The third-order valence-electron chi connectivity index (χ3n) is 3.27. The second-order valence-electron chi connectivity index (χ2n) is 4.43. The van der Waals surface area contributed by atoms with Crippen LogP contribution in [0.4, 0.5) is 0 Å². The summed E-state index contributed by atoms with van der Waals surface area (Å²) >= 11 is 5.96. The Hall–Kier alpha value is -2.26. The van der Waals surface area contributed by atoms with E-state index in [2.05, 4.69) is 9.97 Å². The summed E-state index contributed by atoms with van der Waals surface area (Å²) in [6, 6.07) is 12.7. The zero-order chi connectivity index (χ0) is 13.0. The van der Waals surface area contributed by atoms with Crippen LogP contribution >= 0.6 is 11.6 Å². The Morgan fingerprint density at radius 1 is 0.842 bits per heavy atom. The molecule has 1 heterocycles. The van der Waals surface area contributed by atoms with Crippen molar-refractivity contribution in [1.82, 2.24) is 9.97 Å². The van der Waals surface area contributed by atoms with Crippen molar-refractivity contribution in [1.29, 1.82) is 0 Å². The molecule has 0 N–H and O–H groups in total. The lowest BCUT2D eigenvalue weighted by Gasteiger charge is -2.02. The molecule has 4 heteroatoms. The summed E-state index contributed by atoms with van der Waals surface area (Å²) in [6.45, 7) is 0. The molecule has 0 aliphatic heterocycles. The van der Waals surface area contributed by atoms with Crippen molar-refractivity contribution in [3.63, 3.8) is 0 Å². The van der Waals surface area contributed by atoms with E-state index in [4.69, 9.17) is 11.6 Å². The van der Waals surface area contributed by atoms with Gasteiger partial charge in [0.25, 0.3) is 0 Å². The van der Waals surface area contributed by atoms with E-state index in [-0.39, 0.29) is 5.78 Å². The molecule has 4 rings (SSSR count). The van der Waals surface area contributed by atoms with Crippen molar-refractivity contribution in [3.8, 4) is 11.3 Å². The van der Waals surface area contributed by atoms with Crippen LogP contribution < -0.4 is 0 Å². The summed E-state index contributed by atoms with van der Waals surface area (Å²) in [7, 11) is 0. The second kappa shape index (κ2) is 3.62. The van der Waals surface area contributed by atoms with Crippen LogP contribution in [0.3, 0.4) is 0 Å². The SMILES string of the molecule is O=C1c2ccccc2-c2nc3cc(Cl)ccc3nc21. The molecule has 0 spiro atoms. The van der Waals surface area contributed by atoms with Gasteiger partial charge in [-0.05, 0) is 18.2 Å². The van der Waals surface area contributed by atoms with Gasteiger partial charge < -0.3 is 0 Å². The third kappa shape index (κ3) is 1.42. The molecule has 0 saturated carbocycles. The number of hydrogen-bond acceptors (Lipinski definition) is 3. The highest BCUT2D eigenvalue weighted by molar-refractivity contribution is 6.31. The fourth-order valence-corrected chi connectivity index (χ4v) is 2.56. The normalized spacial score (nSPS) is 12.6. The van der Waals surface area contributed by atoms with E-state index >= 15 is 0 Å². The first-order valence-corrected chi connectivity index (χ1v) is 6.23. The number of nitrogens with zero attached hydrogens (tertiary/aromatic N) is 2. The molecule has 2 aromatic carbocycles. The minimum Gasteiger partial charge on any atom is -0.287 e. The van der Waals surface area contributed by atoms with Crippen LogP contribution in [0.2, 0.25) is 5.02 Å². The van der Waals surface area contributed by atoms with Gasteiger partial charge in [-0.2, -0.15) is 0 Å². The standard InChI is InChI=1S/C15H7ClN2O/c16-8-5-6-11-12(7-8)18-13-9-3-1-2-4-10(9)15(19)14(13)17-11/h1-7H. The Morgan fingerprint density at radius 2 is 1.58 bits per heavy atom. The molecular formula is C15H7ClN2O. The molecule has 1 aliphatic carbocycles. The molecule has 3 nitrogen and oxygen atoms in total. The average Bonchev–Trinajstić information content (AvgIpc) is 2.70. The minimum absolute atomic E-state index is 0.0602. The first kappa shape index (κ1) is 10.6. The van der Waals surface area contributed by atoms with E-state index in [1.54, 1.807) is 24.3 Å². The predicted molar refractivity (Wildman–Crippen MR) is 73.4 cm³/mol. The number of benzene rings is 2. The van der Waals surface area contributed by atoms with Gasteiger partial charge in [-0.1, -0.05) is 35.9 Å². The molecule has 3 aromatic rings. The van der Waals surface area contributed by atoms with E-state index in [1.165, 1.54) is 0 Å². The fourth-order valence-electron chi connectivity index (χ4n) is 2.39. The van der Waals surface area contributed by atoms with Crippen LogP contribution in [0.25, 0.3) is 22.3 Å². The molecule has 0 atom stereocenters. The fraction of sp³-hybridized carbons (Fsp3) is 0. The third-order valence-corrected chi connectivity index (χ3v) is 3.50. The Labute approximate surface area is 113 Å². The molecule has 1 aliphatic rings. The predicted octanol–water partition coefficient (Wildman–Crippen LogP) is 3.49. The molecule has 0 bridgehead atoms. The number of fused-ring (bicyclic) bond motifs is 4. The lowest BCUT2D eigenvalue weighted by Crippen LogP contribution is -1.99. The highest BCUT2D eigenvalue weighted by atomic mass is 35.5. The summed E-state index contributed by atoms with van der Waals surface area (Å²) in [4.78, 5) is 21.2. The highest BCUT2D eigenvalue weighted by Crippen LogP contribution is 2.35. The van der Waals surface area contributed by atoms with E-state index < -0.39 is 0 Å². The number of carbonyl (C=O) groups excluding carboxylic acids is 1. The largest absolute Gasteiger partial charge is 0.287 e.